The van der Waals surface area contributed by atoms with Gasteiger partial charge in [-0.3, -0.25) is 4.79 Å². The lowest BCUT2D eigenvalue weighted by atomic mass is 10.2. The van der Waals surface area contributed by atoms with Gasteiger partial charge in [0.25, 0.3) is 5.91 Å². The first-order valence-corrected chi connectivity index (χ1v) is 7.49. The van der Waals surface area contributed by atoms with Gasteiger partial charge in [0.2, 0.25) is 0 Å². The molecular formula is C17H15ClN2O3. The van der Waals surface area contributed by atoms with E-state index in [2.05, 4.69) is 10.6 Å². The van der Waals surface area contributed by atoms with Crippen LogP contribution in [0.1, 0.15) is 10.6 Å². The quantitative estimate of drug-likeness (QED) is 0.666. The molecule has 118 valence electrons. The summed E-state index contributed by atoms with van der Waals surface area (Å²) in [6, 6.07) is 14.1. The molecule has 0 radical (unpaired) electrons. The molecule has 0 aliphatic carbocycles. The lowest BCUT2D eigenvalue weighted by molar-refractivity contribution is 0.0998. The number of carbonyl (C=O) groups excluding carboxylic acids is 1. The zero-order valence-electron chi connectivity index (χ0n) is 12.2. The molecular weight excluding hydrogens is 316 g/mol. The molecule has 3 rings (SSSR count). The molecule has 1 heterocycles. The van der Waals surface area contributed by atoms with Crippen LogP contribution in [0.15, 0.2) is 52.9 Å². The summed E-state index contributed by atoms with van der Waals surface area (Å²) < 4.78 is 5.52. The van der Waals surface area contributed by atoms with Gasteiger partial charge >= 0.3 is 0 Å². The van der Waals surface area contributed by atoms with Crippen molar-refractivity contribution in [3.63, 3.8) is 0 Å². The van der Waals surface area contributed by atoms with Crippen LogP contribution >= 0.6 is 11.6 Å². The molecule has 6 heteroatoms. The van der Waals surface area contributed by atoms with Crippen LogP contribution in [0.3, 0.4) is 0 Å². The van der Waals surface area contributed by atoms with E-state index in [1.165, 1.54) is 0 Å². The van der Waals surface area contributed by atoms with Gasteiger partial charge in [-0.25, -0.2) is 0 Å². The van der Waals surface area contributed by atoms with Crippen molar-refractivity contribution in [1.29, 1.82) is 0 Å². The van der Waals surface area contributed by atoms with Gasteiger partial charge in [0, 0.05) is 28.3 Å². The number of amides is 1. The highest BCUT2D eigenvalue weighted by molar-refractivity contribution is 6.31. The summed E-state index contributed by atoms with van der Waals surface area (Å²) in [6.07, 6.45) is 0. The highest BCUT2D eigenvalue weighted by Gasteiger charge is 2.12. The van der Waals surface area contributed by atoms with Crippen LogP contribution in [0, 0.1) is 0 Å². The molecule has 0 spiro atoms. The van der Waals surface area contributed by atoms with E-state index in [1.807, 2.05) is 12.1 Å². The van der Waals surface area contributed by atoms with E-state index in [4.69, 9.17) is 21.1 Å². The molecule has 23 heavy (non-hydrogen) atoms. The smallest absolute Gasteiger partial charge is 0.291 e. The normalized spacial score (nSPS) is 10.7. The van der Waals surface area contributed by atoms with Crippen LogP contribution in [0.25, 0.3) is 11.0 Å². The molecule has 1 aromatic heterocycles. The molecule has 3 N–H and O–H groups in total. The third kappa shape index (κ3) is 3.64. The summed E-state index contributed by atoms with van der Waals surface area (Å²) in [5.74, 6) is -0.0989. The van der Waals surface area contributed by atoms with Crippen molar-refractivity contribution in [3.8, 4) is 0 Å². The van der Waals surface area contributed by atoms with E-state index in [-0.39, 0.29) is 18.3 Å². The fourth-order valence-electron chi connectivity index (χ4n) is 2.19. The second-order valence-electron chi connectivity index (χ2n) is 4.97. The molecule has 0 aliphatic heterocycles. The lowest BCUT2D eigenvalue weighted by Gasteiger charge is -2.06. The number of nitrogens with one attached hydrogen (secondary N) is 2. The van der Waals surface area contributed by atoms with Gasteiger partial charge in [-0.1, -0.05) is 11.6 Å². The zero-order chi connectivity index (χ0) is 16.2. The topological polar surface area (TPSA) is 74.5 Å². The molecule has 0 bridgehead atoms. The number of halogens is 1. The molecule has 0 atom stereocenters. The molecule has 0 aliphatic rings. The summed E-state index contributed by atoms with van der Waals surface area (Å²) in [7, 11) is 0. The van der Waals surface area contributed by atoms with E-state index >= 15 is 0 Å². The van der Waals surface area contributed by atoms with Crippen molar-refractivity contribution < 1.29 is 14.3 Å². The van der Waals surface area contributed by atoms with Crippen LogP contribution in [-0.2, 0) is 0 Å². The first kappa shape index (κ1) is 15.4. The predicted octanol–water partition coefficient (Wildman–Crippen LogP) is 3.74. The SMILES string of the molecule is O=C(Nc1ccc(NCCO)cc1)c1cc2cc(Cl)ccc2o1. The zero-order valence-corrected chi connectivity index (χ0v) is 12.9. The van der Waals surface area contributed by atoms with Crippen molar-refractivity contribution in [1.82, 2.24) is 0 Å². The maximum Gasteiger partial charge on any atom is 0.291 e. The summed E-state index contributed by atoms with van der Waals surface area (Å²) in [5.41, 5.74) is 2.14. The van der Waals surface area contributed by atoms with E-state index < -0.39 is 0 Å². The van der Waals surface area contributed by atoms with Crippen LogP contribution in [0.4, 0.5) is 11.4 Å². The van der Waals surface area contributed by atoms with Gasteiger partial charge in [-0.2, -0.15) is 0 Å². The average molecular weight is 331 g/mol. The van der Waals surface area contributed by atoms with Crippen molar-refractivity contribution in [3.05, 3.63) is 59.3 Å². The van der Waals surface area contributed by atoms with Crippen LogP contribution in [-0.4, -0.2) is 24.2 Å². The Hall–Kier alpha value is -2.50. The predicted molar refractivity (Wildman–Crippen MR) is 91.2 cm³/mol. The Morgan fingerprint density at radius 1 is 1.09 bits per heavy atom. The summed E-state index contributed by atoms with van der Waals surface area (Å²) >= 11 is 5.92. The molecule has 0 saturated carbocycles. The minimum atomic E-state index is -0.326. The maximum atomic E-state index is 12.2. The highest BCUT2D eigenvalue weighted by atomic mass is 35.5. The molecule has 0 unspecified atom stereocenters. The molecule has 1 amide bonds. The largest absolute Gasteiger partial charge is 0.451 e. The van der Waals surface area contributed by atoms with E-state index in [0.717, 1.165) is 11.1 Å². The van der Waals surface area contributed by atoms with Crippen LogP contribution in [0.5, 0.6) is 0 Å². The Morgan fingerprint density at radius 3 is 2.57 bits per heavy atom. The third-order valence-corrected chi connectivity index (χ3v) is 3.52. The van der Waals surface area contributed by atoms with Gasteiger partial charge in [0.1, 0.15) is 5.58 Å². The number of hydrogen-bond acceptors (Lipinski definition) is 4. The van der Waals surface area contributed by atoms with Crippen LogP contribution < -0.4 is 10.6 Å². The first-order valence-electron chi connectivity index (χ1n) is 7.11. The summed E-state index contributed by atoms with van der Waals surface area (Å²) in [6.45, 7) is 0.543. The van der Waals surface area contributed by atoms with Crippen molar-refractivity contribution in [2.75, 3.05) is 23.8 Å². The lowest BCUT2D eigenvalue weighted by Crippen LogP contribution is -2.11. The molecule has 5 nitrogen and oxygen atoms in total. The average Bonchev–Trinajstić information content (AvgIpc) is 2.97. The van der Waals surface area contributed by atoms with E-state index in [0.29, 0.717) is 22.8 Å². The van der Waals surface area contributed by atoms with Gasteiger partial charge in [-0.15, -0.1) is 0 Å². The van der Waals surface area contributed by atoms with Gasteiger partial charge < -0.3 is 20.2 Å². The van der Waals surface area contributed by atoms with Crippen LogP contribution in [0.2, 0.25) is 5.02 Å². The van der Waals surface area contributed by atoms with E-state index in [9.17, 15) is 4.79 Å². The fourth-order valence-corrected chi connectivity index (χ4v) is 2.37. The van der Waals surface area contributed by atoms with Gasteiger partial charge in [0.05, 0.1) is 6.61 Å². The van der Waals surface area contributed by atoms with Gasteiger partial charge in [0.15, 0.2) is 5.76 Å². The molecule has 3 aromatic rings. The van der Waals surface area contributed by atoms with Crippen molar-refractivity contribution in [2.45, 2.75) is 0 Å². The third-order valence-electron chi connectivity index (χ3n) is 3.29. The number of carbonyl (C=O) groups is 1. The van der Waals surface area contributed by atoms with E-state index in [1.54, 1.807) is 36.4 Å². The Balaban J connectivity index is 1.72. The standard InChI is InChI=1S/C17H15ClN2O3/c18-12-1-6-15-11(9-12)10-16(23-15)17(22)20-14-4-2-13(3-5-14)19-7-8-21/h1-6,9-10,19,21H,7-8H2,(H,20,22). The monoisotopic (exact) mass is 330 g/mol. The Kier molecular flexibility index (Phi) is 4.50. The number of rotatable bonds is 5. The second kappa shape index (κ2) is 6.73. The maximum absolute atomic E-state index is 12.2. The Labute approximate surface area is 137 Å². The first-order chi connectivity index (χ1) is 11.2. The number of benzene rings is 2. The van der Waals surface area contributed by atoms with Crippen molar-refractivity contribution >= 4 is 39.9 Å². The minimum Gasteiger partial charge on any atom is -0.451 e. The number of aliphatic hydroxyl groups excluding tert-OH is 1. The number of furan rings is 1. The number of anilines is 2. The number of hydrogen-bond donors (Lipinski definition) is 3. The van der Waals surface area contributed by atoms with Gasteiger partial charge in [-0.05, 0) is 48.5 Å². The minimum absolute atomic E-state index is 0.0640. The number of aliphatic hydroxyl groups is 1. The summed E-state index contributed by atoms with van der Waals surface area (Å²) in [5, 5.41) is 16.0. The second-order valence-corrected chi connectivity index (χ2v) is 5.41. The molecule has 0 fully saturated rings. The van der Waals surface area contributed by atoms with Crippen molar-refractivity contribution in [2.24, 2.45) is 0 Å². The number of fused-ring (bicyclic) bond motifs is 1. The Morgan fingerprint density at radius 2 is 1.83 bits per heavy atom. The highest BCUT2D eigenvalue weighted by Crippen LogP contribution is 2.24. The molecule has 0 saturated heterocycles. The summed E-state index contributed by atoms with van der Waals surface area (Å²) in [4.78, 5) is 12.2. The molecule has 2 aromatic carbocycles. The fraction of sp³-hybridized carbons (Fsp3) is 0.118. The Bertz CT molecular complexity index is 827.